The highest BCUT2D eigenvalue weighted by molar-refractivity contribution is 7.22. The third-order valence-corrected chi connectivity index (χ3v) is 10.0. The van der Waals surface area contributed by atoms with Crippen LogP contribution in [-0.2, 0) is 25.7 Å². The first kappa shape index (κ1) is 30.0. The first-order valence-corrected chi connectivity index (χ1v) is 16.6. The second-order valence-electron chi connectivity index (χ2n) is 12.6. The lowest BCUT2D eigenvalue weighted by Crippen LogP contribution is -2.43. The maximum Gasteiger partial charge on any atom is 0.254 e. The molecule has 0 radical (unpaired) electrons. The molecule has 4 N–H and O–H groups in total. The zero-order valence-corrected chi connectivity index (χ0v) is 26.6. The van der Waals surface area contributed by atoms with Crippen molar-refractivity contribution in [2.24, 2.45) is 11.7 Å². The van der Waals surface area contributed by atoms with E-state index in [1.165, 1.54) is 29.0 Å². The number of carbonyl (C=O) groups excluding carboxylic acids is 2. The Bertz CT molecular complexity index is 1970. The minimum absolute atomic E-state index is 0.0949. The number of hydrogen-bond acceptors (Lipinski definition) is 7. The fourth-order valence-corrected chi connectivity index (χ4v) is 7.92. The maximum absolute atomic E-state index is 13.9. The summed E-state index contributed by atoms with van der Waals surface area (Å²) < 4.78 is 14.4. The Morgan fingerprint density at radius 1 is 1.11 bits per heavy atom. The number of anilines is 1. The topological polar surface area (TPSA) is 123 Å². The molecule has 0 unspecified atom stereocenters. The van der Waals surface area contributed by atoms with Crippen LogP contribution in [-0.4, -0.2) is 32.8 Å². The fraction of sp³-hybridized carbons (Fsp3) is 0.306. The number of nitrogens with zero attached hydrogens (tertiary/aromatic N) is 3. The Labute approximate surface area is 270 Å². The Balaban J connectivity index is 1.29. The number of nitrogens with one attached hydrogen (secondary N) is 2. The summed E-state index contributed by atoms with van der Waals surface area (Å²) in [7, 11) is 0. The van der Waals surface area contributed by atoms with Gasteiger partial charge in [-0.15, -0.1) is 11.3 Å². The number of primary amides is 1. The molecule has 1 aliphatic heterocycles. The standard InChI is InChI=1S/C36H35FN6O2S/c1-19(2)16-27-30(34(38)44)32(31-28(42-27)18-23(41-36(31)45)10-7-20-5-8-22(37)9-6-20)29-17-21-13-15-40-35(33(21)46-29)43-26-12-11-25-24(26)4-3-14-39-25/h3-6,8-9,13-15,17,19,23,26H,7,10-12,16,18H2,1-2H3,(H2,38,44)(H,40,43)(H,41,45)/t23-,26-/m0/s1. The van der Waals surface area contributed by atoms with E-state index in [1.54, 1.807) is 18.3 Å². The van der Waals surface area contributed by atoms with E-state index >= 15 is 0 Å². The van der Waals surface area contributed by atoms with Crippen molar-refractivity contribution in [3.63, 3.8) is 0 Å². The largest absolute Gasteiger partial charge is 0.366 e. The van der Waals surface area contributed by atoms with E-state index in [0.717, 1.165) is 44.9 Å². The normalized spacial score (nSPS) is 17.2. The van der Waals surface area contributed by atoms with Crippen molar-refractivity contribution in [1.82, 2.24) is 20.3 Å². The van der Waals surface area contributed by atoms with E-state index in [4.69, 9.17) is 15.7 Å². The SMILES string of the molecule is CC(C)Cc1nc2c(c(-c3cc4ccnc(N[C@H]5CCc6ncccc65)c4s3)c1C(N)=O)C(=O)N[C@@H](CCc1ccc(F)cc1)C2. The van der Waals surface area contributed by atoms with Gasteiger partial charge < -0.3 is 16.4 Å². The minimum atomic E-state index is -0.601. The number of rotatable bonds is 9. The lowest BCUT2D eigenvalue weighted by Gasteiger charge is -2.28. The summed E-state index contributed by atoms with van der Waals surface area (Å²) in [4.78, 5) is 42.0. The smallest absolute Gasteiger partial charge is 0.254 e. The second kappa shape index (κ2) is 12.2. The third-order valence-electron chi connectivity index (χ3n) is 8.85. The zero-order valence-electron chi connectivity index (χ0n) is 25.8. The minimum Gasteiger partial charge on any atom is -0.366 e. The van der Waals surface area contributed by atoms with Gasteiger partial charge >= 0.3 is 0 Å². The number of pyridine rings is 3. The van der Waals surface area contributed by atoms with Crippen molar-refractivity contribution < 1.29 is 14.0 Å². The summed E-state index contributed by atoms with van der Waals surface area (Å²) >= 11 is 1.50. The molecular weight excluding hydrogens is 600 g/mol. The molecule has 0 fully saturated rings. The summed E-state index contributed by atoms with van der Waals surface area (Å²) in [5.74, 6) is -0.169. The van der Waals surface area contributed by atoms with Gasteiger partial charge in [0.1, 0.15) is 11.6 Å². The summed E-state index contributed by atoms with van der Waals surface area (Å²) in [5.41, 5.74) is 11.9. The molecule has 4 aromatic heterocycles. The van der Waals surface area contributed by atoms with Gasteiger partial charge in [0, 0.05) is 41.0 Å². The number of hydrogen-bond donors (Lipinski definition) is 3. The number of thiophene rings is 1. The lowest BCUT2D eigenvalue weighted by molar-refractivity contribution is 0.0922. The van der Waals surface area contributed by atoms with Gasteiger partial charge in [0.2, 0.25) is 0 Å². The molecule has 8 nitrogen and oxygen atoms in total. The van der Waals surface area contributed by atoms with Crippen molar-refractivity contribution in [1.29, 1.82) is 0 Å². The first-order chi connectivity index (χ1) is 22.2. The van der Waals surface area contributed by atoms with Crippen molar-refractivity contribution in [2.45, 2.75) is 64.5 Å². The van der Waals surface area contributed by atoms with E-state index in [0.29, 0.717) is 53.8 Å². The molecule has 0 saturated heterocycles. The molecule has 7 rings (SSSR count). The highest BCUT2D eigenvalue weighted by Crippen LogP contribution is 2.43. The molecule has 2 aliphatic rings. The van der Waals surface area contributed by atoms with Crippen LogP contribution in [0.5, 0.6) is 0 Å². The van der Waals surface area contributed by atoms with Gasteiger partial charge in [-0.2, -0.15) is 0 Å². The number of carbonyl (C=O) groups is 2. The second-order valence-corrected chi connectivity index (χ2v) is 13.6. The molecule has 2 amide bonds. The molecule has 46 heavy (non-hydrogen) atoms. The number of halogens is 1. The third kappa shape index (κ3) is 5.73. The number of aromatic nitrogens is 3. The van der Waals surface area contributed by atoms with E-state index in [9.17, 15) is 14.0 Å². The number of fused-ring (bicyclic) bond motifs is 3. The monoisotopic (exact) mass is 634 g/mol. The summed E-state index contributed by atoms with van der Waals surface area (Å²) in [6, 6.07) is 14.4. The molecule has 10 heteroatoms. The quantitative estimate of drug-likeness (QED) is 0.168. The van der Waals surface area contributed by atoms with Crippen LogP contribution in [0.15, 0.2) is 60.9 Å². The summed E-state index contributed by atoms with van der Waals surface area (Å²) in [6.45, 7) is 4.15. The number of benzene rings is 1. The van der Waals surface area contributed by atoms with E-state index in [2.05, 4.69) is 35.5 Å². The molecular formula is C36H35FN6O2S. The maximum atomic E-state index is 13.9. The van der Waals surface area contributed by atoms with Crippen molar-refractivity contribution in [2.75, 3.05) is 5.32 Å². The van der Waals surface area contributed by atoms with Crippen molar-refractivity contribution in [3.8, 4) is 10.4 Å². The van der Waals surface area contributed by atoms with Gasteiger partial charge in [0.15, 0.2) is 0 Å². The molecule has 234 valence electrons. The first-order valence-electron chi connectivity index (χ1n) is 15.7. The van der Waals surface area contributed by atoms with Crippen molar-refractivity contribution >= 4 is 39.1 Å². The molecule has 5 heterocycles. The van der Waals surface area contributed by atoms with Crippen LogP contribution < -0.4 is 16.4 Å². The number of nitrogens with two attached hydrogens (primary N) is 1. The molecule has 0 spiro atoms. The zero-order chi connectivity index (χ0) is 31.9. The molecule has 5 aromatic rings. The molecule has 2 atom stereocenters. The predicted octanol–water partition coefficient (Wildman–Crippen LogP) is 6.58. The lowest BCUT2D eigenvalue weighted by atomic mass is 9.87. The molecule has 0 saturated carbocycles. The van der Waals surface area contributed by atoms with Crippen LogP contribution in [0, 0.1) is 11.7 Å². The van der Waals surface area contributed by atoms with Crippen LogP contribution in [0.1, 0.15) is 81.7 Å². The van der Waals surface area contributed by atoms with Gasteiger partial charge in [-0.05, 0) is 84.9 Å². The van der Waals surface area contributed by atoms with Crippen LogP contribution in [0.3, 0.4) is 0 Å². The number of aryl methyl sites for hydroxylation is 2. The predicted molar refractivity (Wildman–Crippen MR) is 179 cm³/mol. The summed E-state index contributed by atoms with van der Waals surface area (Å²) in [6.07, 6.45) is 7.87. The van der Waals surface area contributed by atoms with Crippen LogP contribution in [0.4, 0.5) is 10.2 Å². The Morgan fingerprint density at radius 3 is 2.72 bits per heavy atom. The van der Waals surface area contributed by atoms with Gasteiger partial charge in [0.05, 0.1) is 33.3 Å². The van der Waals surface area contributed by atoms with Crippen LogP contribution in [0.2, 0.25) is 0 Å². The van der Waals surface area contributed by atoms with E-state index in [1.807, 2.05) is 24.4 Å². The van der Waals surface area contributed by atoms with Crippen molar-refractivity contribution in [3.05, 3.63) is 106 Å². The van der Waals surface area contributed by atoms with Gasteiger partial charge in [-0.3, -0.25) is 19.6 Å². The summed E-state index contributed by atoms with van der Waals surface area (Å²) in [5, 5.41) is 7.76. The Kier molecular flexibility index (Phi) is 7.98. The van der Waals surface area contributed by atoms with Crippen LogP contribution in [0.25, 0.3) is 20.5 Å². The Morgan fingerprint density at radius 2 is 1.93 bits per heavy atom. The fourth-order valence-electron chi connectivity index (χ4n) is 6.75. The van der Waals surface area contributed by atoms with Crippen LogP contribution >= 0.6 is 11.3 Å². The van der Waals surface area contributed by atoms with E-state index in [-0.39, 0.29) is 29.7 Å². The highest BCUT2D eigenvalue weighted by Gasteiger charge is 2.34. The average molecular weight is 635 g/mol. The highest BCUT2D eigenvalue weighted by atomic mass is 32.1. The molecule has 0 bridgehead atoms. The average Bonchev–Trinajstić information content (AvgIpc) is 3.65. The Hall–Kier alpha value is -4.70. The van der Waals surface area contributed by atoms with Gasteiger partial charge in [0.25, 0.3) is 11.8 Å². The molecule has 1 aromatic carbocycles. The number of amides is 2. The molecule has 1 aliphatic carbocycles. The van der Waals surface area contributed by atoms with E-state index < -0.39 is 5.91 Å². The van der Waals surface area contributed by atoms with Gasteiger partial charge in [-0.25, -0.2) is 9.37 Å². The van der Waals surface area contributed by atoms with Gasteiger partial charge in [-0.1, -0.05) is 32.0 Å².